The van der Waals surface area contributed by atoms with Crippen molar-refractivity contribution < 1.29 is 19.1 Å². The molecule has 0 spiro atoms. The summed E-state index contributed by atoms with van der Waals surface area (Å²) < 4.78 is 10.7. The molecule has 1 atom stereocenters. The highest BCUT2D eigenvalue weighted by Gasteiger charge is 2.19. The standard InChI is InChI=1S/C20H23NO4/c1-4-15-9-8-10-16(13-15)25-14(3)19(22)21-18-12-7-6-11-17(18)20(23)24-5-2/h6-14H,4-5H2,1-3H3,(H,21,22). The first-order chi connectivity index (χ1) is 12.0. The monoisotopic (exact) mass is 341 g/mol. The number of ether oxygens (including phenoxy) is 2. The lowest BCUT2D eigenvalue weighted by Gasteiger charge is -2.16. The molecule has 0 aliphatic heterocycles. The molecule has 0 heterocycles. The predicted octanol–water partition coefficient (Wildman–Crippen LogP) is 3.83. The van der Waals surface area contributed by atoms with Gasteiger partial charge >= 0.3 is 5.97 Å². The van der Waals surface area contributed by atoms with Crippen LogP contribution in [0.25, 0.3) is 0 Å². The molecule has 132 valence electrons. The maximum Gasteiger partial charge on any atom is 0.340 e. The van der Waals surface area contributed by atoms with E-state index in [-0.39, 0.29) is 12.5 Å². The summed E-state index contributed by atoms with van der Waals surface area (Å²) in [5.74, 6) is -0.165. The van der Waals surface area contributed by atoms with Gasteiger partial charge in [-0.15, -0.1) is 0 Å². The van der Waals surface area contributed by atoms with Gasteiger partial charge in [0.25, 0.3) is 5.91 Å². The van der Waals surface area contributed by atoms with Crippen molar-refractivity contribution in [1.29, 1.82) is 0 Å². The molecule has 0 bridgehead atoms. The fourth-order valence-corrected chi connectivity index (χ4v) is 2.31. The summed E-state index contributed by atoms with van der Waals surface area (Å²) in [5.41, 5.74) is 1.86. The maximum absolute atomic E-state index is 12.4. The van der Waals surface area contributed by atoms with Crippen molar-refractivity contribution in [1.82, 2.24) is 0 Å². The number of esters is 1. The van der Waals surface area contributed by atoms with Gasteiger partial charge in [0.15, 0.2) is 6.10 Å². The van der Waals surface area contributed by atoms with E-state index >= 15 is 0 Å². The summed E-state index contributed by atoms with van der Waals surface area (Å²) in [5, 5.41) is 2.73. The van der Waals surface area contributed by atoms with Gasteiger partial charge in [0, 0.05) is 0 Å². The molecule has 0 saturated carbocycles. The van der Waals surface area contributed by atoms with Gasteiger partial charge in [-0.05, 0) is 50.1 Å². The Labute approximate surface area is 148 Å². The Morgan fingerprint density at radius 2 is 1.84 bits per heavy atom. The lowest BCUT2D eigenvalue weighted by atomic mass is 10.1. The molecular weight excluding hydrogens is 318 g/mol. The quantitative estimate of drug-likeness (QED) is 0.777. The number of carbonyl (C=O) groups is 2. The molecule has 0 aliphatic rings. The van der Waals surface area contributed by atoms with Crippen molar-refractivity contribution in [2.45, 2.75) is 33.3 Å². The molecule has 0 aromatic heterocycles. The zero-order valence-corrected chi connectivity index (χ0v) is 14.7. The van der Waals surface area contributed by atoms with E-state index in [0.29, 0.717) is 17.0 Å². The minimum atomic E-state index is -0.706. The Morgan fingerprint density at radius 3 is 2.56 bits per heavy atom. The smallest absolute Gasteiger partial charge is 0.340 e. The second-order valence-electron chi connectivity index (χ2n) is 5.52. The summed E-state index contributed by atoms with van der Waals surface area (Å²) in [6.07, 6.45) is 0.187. The van der Waals surface area contributed by atoms with Crippen LogP contribution in [0.4, 0.5) is 5.69 Å². The van der Waals surface area contributed by atoms with Crippen LogP contribution in [0.1, 0.15) is 36.7 Å². The first-order valence-corrected chi connectivity index (χ1v) is 8.37. The van der Waals surface area contributed by atoms with E-state index in [9.17, 15) is 9.59 Å². The van der Waals surface area contributed by atoms with Crippen LogP contribution in [0.3, 0.4) is 0 Å². The average molecular weight is 341 g/mol. The lowest BCUT2D eigenvalue weighted by molar-refractivity contribution is -0.122. The van der Waals surface area contributed by atoms with Crippen molar-refractivity contribution in [3.63, 3.8) is 0 Å². The van der Waals surface area contributed by atoms with Crippen molar-refractivity contribution in [3.8, 4) is 5.75 Å². The summed E-state index contributed by atoms with van der Waals surface area (Å²) in [7, 11) is 0. The summed E-state index contributed by atoms with van der Waals surface area (Å²) in [6.45, 7) is 5.73. The largest absolute Gasteiger partial charge is 0.481 e. The molecule has 2 aromatic carbocycles. The van der Waals surface area contributed by atoms with Gasteiger partial charge in [0.1, 0.15) is 5.75 Å². The number of hydrogen-bond donors (Lipinski definition) is 1. The number of carbonyl (C=O) groups excluding carboxylic acids is 2. The van der Waals surface area contributed by atoms with Crippen molar-refractivity contribution in [2.75, 3.05) is 11.9 Å². The SMILES string of the molecule is CCOC(=O)c1ccccc1NC(=O)C(C)Oc1cccc(CC)c1. The minimum Gasteiger partial charge on any atom is -0.481 e. The van der Waals surface area contributed by atoms with Crippen LogP contribution >= 0.6 is 0 Å². The van der Waals surface area contributed by atoms with Gasteiger partial charge in [-0.3, -0.25) is 4.79 Å². The Balaban J connectivity index is 2.07. The number of benzene rings is 2. The molecular formula is C20H23NO4. The van der Waals surface area contributed by atoms with Gasteiger partial charge in [-0.2, -0.15) is 0 Å². The van der Waals surface area contributed by atoms with Crippen molar-refractivity contribution >= 4 is 17.6 Å². The minimum absolute atomic E-state index is 0.272. The topological polar surface area (TPSA) is 64.6 Å². The number of hydrogen-bond acceptors (Lipinski definition) is 4. The fourth-order valence-electron chi connectivity index (χ4n) is 2.31. The van der Waals surface area contributed by atoms with Gasteiger partial charge in [-0.25, -0.2) is 4.79 Å². The number of aryl methyl sites for hydroxylation is 1. The first-order valence-electron chi connectivity index (χ1n) is 8.37. The van der Waals surface area contributed by atoms with Crippen LogP contribution in [0, 0.1) is 0 Å². The van der Waals surface area contributed by atoms with Crippen LogP contribution in [0.15, 0.2) is 48.5 Å². The van der Waals surface area contributed by atoms with Crippen LogP contribution < -0.4 is 10.1 Å². The third-order valence-corrected chi connectivity index (χ3v) is 3.67. The molecule has 0 fully saturated rings. The molecule has 5 nitrogen and oxygen atoms in total. The van der Waals surface area contributed by atoms with E-state index in [2.05, 4.69) is 12.2 Å². The Hall–Kier alpha value is -2.82. The molecule has 0 saturated heterocycles. The second-order valence-corrected chi connectivity index (χ2v) is 5.52. The fraction of sp³-hybridized carbons (Fsp3) is 0.300. The van der Waals surface area contributed by atoms with Crippen LogP contribution in [-0.4, -0.2) is 24.6 Å². The molecule has 0 radical (unpaired) electrons. The Bertz CT molecular complexity index is 742. The first kappa shape index (κ1) is 18.5. The highest BCUT2D eigenvalue weighted by molar-refractivity contribution is 6.02. The number of para-hydroxylation sites is 1. The molecule has 0 aliphatic carbocycles. The zero-order valence-electron chi connectivity index (χ0n) is 14.7. The third kappa shape index (κ3) is 5.08. The second kappa shape index (κ2) is 8.87. The van der Waals surface area contributed by atoms with Crippen molar-refractivity contribution in [3.05, 3.63) is 59.7 Å². The number of amides is 1. The van der Waals surface area contributed by atoms with E-state index in [0.717, 1.165) is 12.0 Å². The Kier molecular flexibility index (Phi) is 6.57. The van der Waals surface area contributed by atoms with Gasteiger partial charge in [0.2, 0.25) is 0 Å². The van der Waals surface area contributed by atoms with Crippen LogP contribution in [0.5, 0.6) is 5.75 Å². The predicted molar refractivity (Wildman–Crippen MR) is 96.9 cm³/mol. The average Bonchev–Trinajstić information content (AvgIpc) is 2.62. The van der Waals surface area contributed by atoms with E-state index in [1.807, 2.05) is 24.3 Å². The third-order valence-electron chi connectivity index (χ3n) is 3.67. The number of rotatable bonds is 7. The summed E-state index contributed by atoms with van der Waals surface area (Å²) in [4.78, 5) is 24.4. The van der Waals surface area contributed by atoms with E-state index < -0.39 is 12.1 Å². The zero-order chi connectivity index (χ0) is 18.2. The molecule has 1 unspecified atom stereocenters. The van der Waals surface area contributed by atoms with E-state index in [1.165, 1.54) is 0 Å². The molecule has 2 rings (SSSR count). The van der Waals surface area contributed by atoms with Crippen molar-refractivity contribution in [2.24, 2.45) is 0 Å². The van der Waals surface area contributed by atoms with Crippen LogP contribution in [0.2, 0.25) is 0 Å². The van der Waals surface area contributed by atoms with E-state index in [4.69, 9.17) is 9.47 Å². The summed E-state index contributed by atoms with van der Waals surface area (Å²) >= 11 is 0. The Morgan fingerprint density at radius 1 is 1.08 bits per heavy atom. The lowest BCUT2D eigenvalue weighted by Crippen LogP contribution is -2.30. The molecule has 2 aromatic rings. The summed E-state index contributed by atoms with van der Waals surface area (Å²) in [6, 6.07) is 14.4. The molecule has 1 amide bonds. The molecule has 25 heavy (non-hydrogen) atoms. The molecule has 5 heteroatoms. The van der Waals surface area contributed by atoms with Crippen LogP contribution in [-0.2, 0) is 16.0 Å². The van der Waals surface area contributed by atoms with Gasteiger partial charge < -0.3 is 14.8 Å². The van der Waals surface area contributed by atoms with E-state index in [1.54, 1.807) is 38.1 Å². The number of anilines is 1. The van der Waals surface area contributed by atoms with Gasteiger partial charge in [0.05, 0.1) is 17.9 Å². The maximum atomic E-state index is 12.4. The normalized spacial score (nSPS) is 11.5. The highest BCUT2D eigenvalue weighted by Crippen LogP contribution is 2.19. The van der Waals surface area contributed by atoms with Gasteiger partial charge in [-0.1, -0.05) is 31.2 Å². The molecule has 1 N–H and O–H groups in total. The number of nitrogens with one attached hydrogen (secondary N) is 1. The highest BCUT2D eigenvalue weighted by atomic mass is 16.5.